The van der Waals surface area contributed by atoms with Crippen LogP contribution >= 0.6 is 23.4 Å². The number of carbonyl (C=O) groups excluding carboxylic acids is 2. The molecule has 3 amide bonds. The first-order chi connectivity index (χ1) is 15.0. The fourth-order valence-corrected chi connectivity index (χ4v) is 4.07. The molecule has 1 aromatic heterocycles. The minimum Gasteiger partial charge on any atom is -0.338 e. The minimum atomic E-state index is -0.492. The molecule has 0 saturated carbocycles. The van der Waals surface area contributed by atoms with Crippen molar-refractivity contribution in [3.8, 4) is 11.4 Å². The lowest BCUT2D eigenvalue weighted by Crippen LogP contribution is -2.42. The molecule has 0 bridgehead atoms. The van der Waals surface area contributed by atoms with E-state index >= 15 is 0 Å². The standard InChI is InChI=1S/C22H32ClN5O2S/c1-4-6-7-8-9-10-15-28-19(17-11-13-18(23)14-12-17)26-27-22(28)31-16(3)20(29)25-21(30)24-5-2/h11-14,16H,4-10,15H2,1-3H3,(H2,24,25,29,30). The van der Waals surface area contributed by atoms with Crippen LogP contribution < -0.4 is 10.6 Å². The second kappa shape index (κ2) is 13.4. The lowest BCUT2D eigenvalue weighted by Gasteiger charge is -2.14. The molecule has 2 rings (SSSR count). The SMILES string of the molecule is CCCCCCCCn1c(SC(C)C(=O)NC(=O)NCC)nnc1-c1ccc(Cl)cc1. The molecule has 0 saturated heterocycles. The summed E-state index contributed by atoms with van der Waals surface area (Å²) in [6.45, 7) is 6.99. The number of urea groups is 1. The Morgan fingerprint density at radius 3 is 2.42 bits per heavy atom. The zero-order valence-corrected chi connectivity index (χ0v) is 20.1. The molecule has 0 aliphatic carbocycles. The van der Waals surface area contributed by atoms with E-state index in [1.54, 1.807) is 13.8 Å². The van der Waals surface area contributed by atoms with Crippen molar-refractivity contribution in [2.45, 2.75) is 76.2 Å². The van der Waals surface area contributed by atoms with Crippen molar-refractivity contribution in [2.75, 3.05) is 6.54 Å². The fourth-order valence-electron chi connectivity index (χ4n) is 3.07. The summed E-state index contributed by atoms with van der Waals surface area (Å²) in [7, 11) is 0. The molecule has 1 atom stereocenters. The van der Waals surface area contributed by atoms with Crippen LogP contribution in [-0.2, 0) is 11.3 Å². The number of carbonyl (C=O) groups is 2. The maximum atomic E-state index is 12.4. The van der Waals surface area contributed by atoms with Gasteiger partial charge in [-0.2, -0.15) is 0 Å². The number of rotatable bonds is 12. The van der Waals surface area contributed by atoms with Gasteiger partial charge < -0.3 is 9.88 Å². The highest BCUT2D eigenvalue weighted by Gasteiger charge is 2.22. The zero-order chi connectivity index (χ0) is 22.6. The molecule has 0 fully saturated rings. The summed E-state index contributed by atoms with van der Waals surface area (Å²) in [5, 5.41) is 14.5. The summed E-state index contributed by atoms with van der Waals surface area (Å²) in [5.74, 6) is 0.391. The first-order valence-corrected chi connectivity index (χ1v) is 12.2. The quantitative estimate of drug-likeness (QED) is 0.328. The van der Waals surface area contributed by atoms with Crippen LogP contribution in [0.1, 0.15) is 59.3 Å². The molecular formula is C22H32ClN5O2S. The van der Waals surface area contributed by atoms with Crippen molar-refractivity contribution in [1.82, 2.24) is 25.4 Å². The first kappa shape index (κ1) is 25.2. The molecule has 2 N–H and O–H groups in total. The normalized spacial score (nSPS) is 11.9. The third kappa shape index (κ3) is 8.18. The number of hydrogen-bond acceptors (Lipinski definition) is 5. The van der Waals surface area contributed by atoms with Gasteiger partial charge in [-0.05, 0) is 44.5 Å². The van der Waals surface area contributed by atoms with E-state index in [4.69, 9.17) is 11.6 Å². The number of thioether (sulfide) groups is 1. The van der Waals surface area contributed by atoms with Gasteiger partial charge in [0.2, 0.25) is 5.91 Å². The van der Waals surface area contributed by atoms with Gasteiger partial charge in [0.25, 0.3) is 0 Å². The van der Waals surface area contributed by atoms with E-state index in [1.807, 2.05) is 24.3 Å². The Labute approximate surface area is 193 Å². The number of nitrogens with one attached hydrogen (secondary N) is 2. The number of amides is 3. The van der Waals surface area contributed by atoms with Crippen LogP contribution in [0, 0.1) is 0 Å². The largest absolute Gasteiger partial charge is 0.338 e. The van der Waals surface area contributed by atoms with Crippen LogP contribution in [0.3, 0.4) is 0 Å². The highest BCUT2D eigenvalue weighted by Crippen LogP contribution is 2.28. The Hall–Kier alpha value is -2.06. The Morgan fingerprint density at radius 2 is 1.74 bits per heavy atom. The maximum absolute atomic E-state index is 12.4. The van der Waals surface area contributed by atoms with Crippen LogP contribution in [0.25, 0.3) is 11.4 Å². The Balaban J connectivity index is 2.12. The highest BCUT2D eigenvalue weighted by molar-refractivity contribution is 8.00. The molecule has 1 unspecified atom stereocenters. The molecular weight excluding hydrogens is 434 g/mol. The van der Waals surface area contributed by atoms with E-state index in [2.05, 4.69) is 32.3 Å². The van der Waals surface area contributed by atoms with Crippen molar-refractivity contribution < 1.29 is 9.59 Å². The van der Waals surface area contributed by atoms with Crippen molar-refractivity contribution >= 4 is 35.3 Å². The summed E-state index contributed by atoms with van der Waals surface area (Å²) < 4.78 is 2.06. The maximum Gasteiger partial charge on any atom is 0.321 e. The van der Waals surface area contributed by atoms with Crippen molar-refractivity contribution in [1.29, 1.82) is 0 Å². The van der Waals surface area contributed by atoms with Crippen molar-refractivity contribution in [2.24, 2.45) is 0 Å². The topological polar surface area (TPSA) is 88.9 Å². The molecule has 9 heteroatoms. The van der Waals surface area contributed by atoms with Gasteiger partial charge in [-0.1, -0.05) is 62.4 Å². The van der Waals surface area contributed by atoms with E-state index < -0.39 is 11.3 Å². The van der Waals surface area contributed by atoms with E-state index in [1.165, 1.54) is 37.4 Å². The monoisotopic (exact) mass is 465 g/mol. The van der Waals surface area contributed by atoms with Gasteiger partial charge in [0.15, 0.2) is 11.0 Å². The van der Waals surface area contributed by atoms with E-state index in [-0.39, 0.29) is 5.91 Å². The van der Waals surface area contributed by atoms with Crippen LogP contribution in [-0.4, -0.2) is 38.5 Å². The minimum absolute atomic E-state index is 0.363. The first-order valence-electron chi connectivity index (χ1n) is 10.9. The van der Waals surface area contributed by atoms with E-state index in [9.17, 15) is 9.59 Å². The summed E-state index contributed by atoms with van der Waals surface area (Å²) in [6, 6.07) is 7.01. The number of halogens is 1. The van der Waals surface area contributed by atoms with Gasteiger partial charge in [-0.25, -0.2) is 4.79 Å². The van der Waals surface area contributed by atoms with Crippen molar-refractivity contribution in [3.63, 3.8) is 0 Å². The average molecular weight is 466 g/mol. The summed E-state index contributed by atoms with van der Waals surface area (Å²) >= 11 is 7.33. The third-order valence-electron chi connectivity index (χ3n) is 4.78. The Bertz CT molecular complexity index is 841. The van der Waals surface area contributed by atoms with Crippen LogP contribution in [0.15, 0.2) is 29.4 Å². The van der Waals surface area contributed by atoms with Gasteiger partial charge in [0.05, 0.1) is 5.25 Å². The fraction of sp³-hybridized carbons (Fsp3) is 0.545. The predicted octanol–water partition coefficient (Wildman–Crippen LogP) is 5.29. The van der Waals surface area contributed by atoms with Crippen LogP contribution in [0.5, 0.6) is 0 Å². The molecule has 1 heterocycles. The average Bonchev–Trinajstić information content (AvgIpc) is 3.13. The number of imide groups is 1. The van der Waals surface area contributed by atoms with Gasteiger partial charge in [-0.15, -0.1) is 10.2 Å². The second-order valence-corrected chi connectivity index (χ2v) is 9.09. The number of hydrogen-bond donors (Lipinski definition) is 2. The molecule has 0 spiro atoms. The second-order valence-electron chi connectivity index (χ2n) is 7.34. The van der Waals surface area contributed by atoms with Gasteiger partial charge in [-0.3, -0.25) is 10.1 Å². The Kier molecular flexibility index (Phi) is 10.9. The molecule has 1 aromatic carbocycles. The molecule has 170 valence electrons. The number of unbranched alkanes of at least 4 members (excludes halogenated alkanes) is 5. The summed E-state index contributed by atoms with van der Waals surface area (Å²) in [5.41, 5.74) is 0.925. The smallest absolute Gasteiger partial charge is 0.321 e. The molecule has 0 aliphatic rings. The summed E-state index contributed by atoms with van der Waals surface area (Å²) in [6.07, 6.45) is 7.09. The molecule has 0 radical (unpaired) electrons. The van der Waals surface area contributed by atoms with Crippen molar-refractivity contribution in [3.05, 3.63) is 29.3 Å². The van der Waals surface area contributed by atoms with Gasteiger partial charge >= 0.3 is 6.03 Å². The number of nitrogens with zero attached hydrogens (tertiary/aromatic N) is 3. The molecule has 0 aliphatic heterocycles. The van der Waals surface area contributed by atoms with Gasteiger partial charge in [0.1, 0.15) is 0 Å². The highest BCUT2D eigenvalue weighted by atomic mass is 35.5. The third-order valence-corrected chi connectivity index (χ3v) is 6.11. The van der Waals surface area contributed by atoms with E-state index in [0.717, 1.165) is 30.8 Å². The summed E-state index contributed by atoms with van der Waals surface area (Å²) in [4.78, 5) is 24.0. The molecule has 31 heavy (non-hydrogen) atoms. The number of aromatic nitrogens is 3. The Morgan fingerprint density at radius 1 is 1.06 bits per heavy atom. The van der Waals surface area contributed by atoms with Gasteiger partial charge in [0, 0.05) is 23.7 Å². The lowest BCUT2D eigenvalue weighted by molar-refractivity contribution is -0.119. The molecule has 7 nitrogen and oxygen atoms in total. The molecule has 2 aromatic rings. The zero-order valence-electron chi connectivity index (χ0n) is 18.5. The van der Waals surface area contributed by atoms with Crippen LogP contribution in [0.2, 0.25) is 5.02 Å². The predicted molar refractivity (Wildman–Crippen MR) is 126 cm³/mol. The number of benzene rings is 1. The van der Waals surface area contributed by atoms with E-state index in [0.29, 0.717) is 16.7 Å². The lowest BCUT2D eigenvalue weighted by atomic mass is 10.1. The van der Waals surface area contributed by atoms with Crippen LogP contribution in [0.4, 0.5) is 4.79 Å².